The monoisotopic (exact) mass is 278 g/mol. The number of pyridine rings is 1. The van der Waals surface area contributed by atoms with Gasteiger partial charge in [0.1, 0.15) is 5.75 Å². The fraction of sp³-hybridized carbons (Fsp3) is 0.706. The van der Waals surface area contributed by atoms with Gasteiger partial charge < -0.3 is 10.1 Å². The largest absolute Gasteiger partial charge is 0.496 e. The number of nitrogens with zero attached hydrogens (tertiary/aromatic N) is 1. The maximum Gasteiger partial charge on any atom is 0.128 e. The molecule has 3 nitrogen and oxygen atoms in total. The quantitative estimate of drug-likeness (QED) is 0.864. The molecule has 0 aromatic carbocycles. The molecule has 0 saturated heterocycles. The molecule has 0 aliphatic carbocycles. The van der Waals surface area contributed by atoms with Crippen LogP contribution in [0.4, 0.5) is 0 Å². The summed E-state index contributed by atoms with van der Waals surface area (Å²) in [4.78, 5) is 4.64. The second-order valence-electron chi connectivity index (χ2n) is 6.62. The molecule has 1 aromatic heterocycles. The van der Waals surface area contributed by atoms with E-state index in [9.17, 15) is 0 Å². The van der Waals surface area contributed by atoms with Crippen LogP contribution in [0, 0.1) is 25.2 Å². The average Bonchev–Trinajstić information content (AvgIpc) is 2.36. The van der Waals surface area contributed by atoms with E-state index < -0.39 is 0 Å². The molecule has 1 unspecified atom stereocenters. The van der Waals surface area contributed by atoms with Crippen LogP contribution in [-0.2, 0) is 6.42 Å². The van der Waals surface area contributed by atoms with Crippen molar-refractivity contribution >= 4 is 0 Å². The third kappa shape index (κ3) is 4.20. The van der Waals surface area contributed by atoms with E-state index in [0.29, 0.717) is 5.92 Å². The molecular formula is C17H30N2O. The normalized spacial score (nSPS) is 13.3. The Morgan fingerprint density at radius 2 is 1.95 bits per heavy atom. The van der Waals surface area contributed by atoms with Gasteiger partial charge in [0, 0.05) is 23.0 Å². The lowest BCUT2D eigenvalue weighted by molar-refractivity contribution is 0.230. The molecule has 1 heterocycles. The number of nitrogens with one attached hydrogen (secondary N) is 1. The molecule has 0 aliphatic rings. The molecule has 20 heavy (non-hydrogen) atoms. The third-order valence-electron chi connectivity index (χ3n) is 4.06. The SMILES string of the molecule is CCNCC(Cc1ncc(C)c(OC)c1C)C(C)(C)C. The van der Waals surface area contributed by atoms with E-state index in [0.717, 1.165) is 36.5 Å². The summed E-state index contributed by atoms with van der Waals surface area (Å²) in [6.07, 6.45) is 2.91. The molecule has 1 aromatic rings. The van der Waals surface area contributed by atoms with Gasteiger partial charge in [-0.25, -0.2) is 0 Å². The lowest BCUT2D eigenvalue weighted by Crippen LogP contribution is -2.33. The summed E-state index contributed by atoms with van der Waals surface area (Å²) in [5, 5.41) is 3.48. The highest BCUT2D eigenvalue weighted by Crippen LogP contribution is 2.31. The van der Waals surface area contributed by atoms with Gasteiger partial charge in [-0.3, -0.25) is 4.98 Å². The number of hydrogen-bond acceptors (Lipinski definition) is 3. The van der Waals surface area contributed by atoms with Crippen molar-refractivity contribution in [2.75, 3.05) is 20.2 Å². The Hall–Kier alpha value is -1.09. The van der Waals surface area contributed by atoms with Crippen molar-refractivity contribution in [2.24, 2.45) is 11.3 Å². The van der Waals surface area contributed by atoms with Gasteiger partial charge in [0.25, 0.3) is 0 Å². The van der Waals surface area contributed by atoms with E-state index in [1.165, 1.54) is 5.56 Å². The predicted molar refractivity (Wildman–Crippen MR) is 85.5 cm³/mol. The number of rotatable bonds is 6. The zero-order valence-electron chi connectivity index (χ0n) is 14.1. The van der Waals surface area contributed by atoms with Crippen molar-refractivity contribution in [3.05, 3.63) is 23.0 Å². The fourth-order valence-corrected chi connectivity index (χ4v) is 2.51. The van der Waals surface area contributed by atoms with E-state index in [2.05, 4.69) is 44.9 Å². The second kappa shape index (κ2) is 7.07. The highest BCUT2D eigenvalue weighted by molar-refractivity contribution is 5.41. The van der Waals surface area contributed by atoms with E-state index >= 15 is 0 Å². The first-order chi connectivity index (χ1) is 9.31. The Kier molecular flexibility index (Phi) is 6.00. The number of aromatic nitrogens is 1. The van der Waals surface area contributed by atoms with Crippen molar-refractivity contribution in [3.63, 3.8) is 0 Å². The summed E-state index contributed by atoms with van der Waals surface area (Å²) in [5.41, 5.74) is 3.70. The minimum Gasteiger partial charge on any atom is -0.496 e. The molecule has 0 fully saturated rings. The Labute approximate surface area is 124 Å². The molecular weight excluding hydrogens is 248 g/mol. The van der Waals surface area contributed by atoms with Crippen molar-refractivity contribution < 1.29 is 4.74 Å². The van der Waals surface area contributed by atoms with Gasteiger partial charge in [0.05, 0.1) is 7.11 Å². The van der Waals surface area contributed by atoms with E-state index in [1.54, 1.807) is 7.11 Å². The summed E-state index contributed by atoms with van der Waals surface area (Å²) < 4.78 is 5.51. The van der Waals surface area contributed by atoms with Gasteiger partial charge >= 0.3 is 0 Å². The molecule has 0 radical (unpaired) electrons. The van der Waals surface area contributed by atoms with Crippen LogP contribution in [0.5, 0.6) is 5.75 Å². The van der Waals surface area contributed by atoms with Gasteiger partial charge in [-0.1, -0.05) is 27.7 Å². The number of aryl methyl sites for hydroxylation is 1. The van der Waals surface area contributed by atoms with Gasteiger partial charge in [0.15, 0.2) is 0 Å². The van der Waals surface area contributed by atoms with Crippen LogP contribution in [0.1, 0.15) is 44.5 Å². The molecule has 0 saturated carbocycles. The van der Waals surface area contributed by atoms with Gasteiger partial charge in [-0.15, -0.1) is 0 Å². The lowest BCUT2D eigenvalue weighted by Gasteiger charge is -2.31. The Morgan fingerprint density at radius 1 is 1.30 bits per heavy atom. The van der Waals surface area contributed by atoms with Gasteiger partial charge in [0.2, 0.25) is 0 Å². The van der Waals surface area contributed by atoms with Crippen molar-refractivity contribution in [2.45, 2.75) is 48.0 Å². The standard InChI is InChI=1S/C17H30N2O/c1-8-18-11-14(17(4,5)6)9-15-13(3)16(20-7)12(2)10-19-15/h10,14,18H,8-9,11H2,1-7H3. The fourth-order valence-electron chi connectivity index (χ4n) is 2.51. The molecule has 0 amide bonds. The van der Waals surface area contributed by atoms with Crippen LogP contribution in [0.2, 0.25) is 0 Å². The van der Waals surface area contributed by atoms with Crippen LogP contribution in [0.3, 0.4) is 0 Å². The molecule has 1 rings (SSSR count). The number of ether oxygens (including phenoxy) is 1. The molecule has 114 valence electrons. The van der Waals surface area contributed by atoms with Crippen LogP contribution in [-0.4, -0.2) is 25.2 Å². The molecule has 1 atom stereocenters. The van der Waals surface area contributed by atoms with Crippen LogP contribution in [0.25, 0.3) is 0 Å². The second-order valence-corrected chi connectivity index (χ2v) is 6.62. The van der Waals surface area contributed by atoms with Crippen molar-refractivity contribution in [1.82, 2.24) is 10.3 Å². The Balaban J connectivity index is 2.99. The molecule has 3 heteroatoms. The van der Waals surface area contributed by atoms with Gasteiger partial charge in [-0.05, 0) is 44.7 Å². The smallest absolute Gasteiger partial charge is 0.128 e. The highest BCUT2D eigenvalue weighted by atomic mass is 16.5. The molecule has 0 bridgehead atoms. The van der Waals surface area contributed by atoms with Gasteiger partial charge in [-0.2, -0.15) is 0 Å². The van der Waals surface area contributed by atoms with E-state index in [-0.39, 0.29) is 5.41 Å². The van der Waals surface area contributed by atoms with Crippen molar-refractivity contribution in [1.29, 1.82) is 0 Å². The zero-order chi connectivity index (χ0) is 15.3. The first kappa shape index (κ1) is 17.0. The minimum absolute atomic E-state index is 0.258. The Bertz CT molecular complexity index is 435. The van der Waals surface area contributed by atoms with Crippen LogP contribution < -0.4 is 10.1 Å². The lowest BCUT2D eigenvalue weighted by atomic mass is 9.77. The van der Waals surface area contributed by atoms with Crippen molar-refractivity contribution in [3.8, 4) is 5.75 Å². The maximum atomic E-state index is 5.51. The van der Waals surface area contributed by atoms with E-state index in [4.69, 9.17) is 4.74 Å². The predicted octanol–water partition coefficient (Wildman–Crippen LogP) is 3.52. The van der Waals surface area contributed by atoms with E-state index in [1.807, 2.05) is 13.1 Å². The minimum atomic E-state index is 0.258. The summed E-state index contributed by atoms with van der Waals surface area (Å²) in [7, 11) is 1.74. The topological polar surface area (TPSA) is 34.2 Å². The third-order valence-corrected chi connectivity index (χ3v) is 4.06. The summed E-state index contributed by atoms with van der Waals surface area (Å²) in [5.74, 6) is 1.53. The summed E-state index contributed by atoms with van der Waals surface area (Å²) in [6.45, 7) is 15.2. The molecule has 1 N–H and O–H groups in total. The number of hydrogen-bond donors (Lipinski definition) is 1. The average molecular weight is 278 g/mol. The summed E-state index contributed by atoms with van der Waals surface area (Å²) >= 11 is 0. The van der Waals surface area contributed by atoms with Crippen LogP contribution in [0.15, 0.2) is 6.20 Å². The Morgan fingerprint density at radius 3 is 2.45 bits per heavy atom. The maximum absolute atomic E-state index is 5.51. The molecule has 0 aliphatic heterocycles. The van der Waals surface area contributed by atoms with Crippen LogP contribution >= 0.6 is 0 Å². The zero-order valence-corrected chi connectivity index (χ0v) is 14.1. The molecule has 0 spiro atoms. The first-order valence-electron chi connectivity index (χ1n) is 7.51. The summed E-state index contributed by atoms with van der Waals surface area (Å²) in [6, 6.07) is 0. The first-order valence-corrected chi connectivity index (χ1v) is 7.51. The highest BCUT2D eigenvalue weighted by Gasteiger charge is 2.26. The number of methoxy groups -OCH3 is 1.